The maximum atomic E-state index is 6.09. The predicted octanol–water partition coefficient (Wildman–Crippen LogP) is 21.4. The molecule has 0 spiro atoms. The van der Waals surface area contributed by atoms with Crippen molar-refractivity contribution in [2.75, 3.05) is 40.6 Å². The first kappa shape index (κ1) is 65.2. The van der Waals surface area contributed by atoms with Crippen molar-refractivity contribution >= 4 is 32.3 Å². The van der Waals surface area contributed by atoms with Crippen molar-refractivity contribution < 1.29 is 28.4 Å². The van der Waals surface area contributed by atoms with Crippen LogP contribution in [0.4, 0.5) is 0 Å². The summed E-state index contributed by atoms with van der Waals surface area (Å²) in [6, 6.07) is 58.5. The molecule has 6 heteroatoms. The highest BCUT2D eigenvalue weighted by Gasteiger charge is 2.19. The molecule has 10 rings (SSSR count). The minimum absolute atomic E-state index is 0.676. The van der Waals surface area contributed by atoms with Crippen molar-refractivity contribution in [1.82, 2.24) is 0 Å². The lowest BCUT2D eigenvalue weighted by molar-refractivity contribution is 0.305. The summed E-state index contributed by atoms with van der Waals surface area (Å²) in [5, 5.41) is 6.79. The van der Waals surface area contributed by atoms with Crippen LogP contribution in [0.15, 0.2) is 170 Å². The van der Waals surface area contributed by atoms with Gasteiger partial charge in [0.2, 0.25) is 0 Å². The van der Waals surface area contributed by atoms with Crippen molar-refractivity contribution in [2.24, 2.45) is 0 Å². The molecule has 0 fully saturated rings. The number of hydrogen-bond donors (Lipinski definition) is 0. The highest BCUT2D eigenvalue weighted by atomic mass is 16.5. The highest BCUT2D eigenvalue weighted by molar-refractivity contribution is 6.24. The third kappa shape index (κ3) is 17.8. The Labute approximate surface area is 547 Å². The maximum absolute atomic E-state index is 6.09. The van der Waals surface area contributed by atoms with E-state index in [4.69, 9.17) is 28.4 Å². The molecular weight excluding hydrogens is 1130 g/mol. The fraction of sp³-hybridized carbons (Fsp3) is 0.302. The van der Waals surface area contributed by atoms with E-state index < -0.39 is 0 Å². The van der Waals surface area contributed by atoms with E-state index in [1.807, 2.05) is 121 Å². The Morgan fingerprint density at radius 2 is 0.489 bits per heavy atom. The van der Waals surface area contributed by atoms with Crippen LogP contribution in [0, 0.1) is 47.4 Å². The molecule has 0 aromatic heterocycles. The lowest BCUT2D eigenvalue weighted by atomic mass is 9.86. The zero-order valence-corrected chi connectivity index (χ0v) is 54.8. The van der Waals surface area contributed by atoms with Crippen molar-refractivity contribution in [3.05, 3.63) is 214 Å². The number of benzene rings is 10. The van der Waals surface area contributed by atoms with Gasteiger partial charge >= 0.3 is 0 Å². The molecule has 0 radical (unpaired) electrons. The molecule has 0 N–H and O–H groups in total. The first-order chi connectivity index (χ1) is 45.3. The second kappa shape index (κ2) is 33.9. The Balaban J connectivity index is 1.04. The maximum Gasteiger partial charge on any atom is 0.121 e. The third-order valence-corrected chi connectivity index (χ3v) is 16.7. The summed E-state index contributed by atoms with van der Waals surface area (Å²) in [7, 11) is 3.39. The van der Waals surface area contributed by atoms with Crippen molar-refractivity contribution in [2.45, 2.75) is 130 Å². The topological polar surface area (TPSA) is 55.4 Å². The van der Waals surface area contributed by atoms with Gasteiger partial charge in [-0.1, -0.05) is 176 Å². The molecule has 0 amide bonds. The summed E-state index contributed by atoms with van der Waals surface area (Å²) in [5.41, 5.74) is 10.6. The minimum Gasteiger partial charge on any atom is -0.497 e. The van der Waals surface area contributed by atoms with E-state index in [0.29, 0.717) is 37.9 Å². The molecule has 0 saturated heterocycles. The van der Waals surface area contributed by atoms with Crippen LogP contribution in [0.25, 0.3) is 54.6 Å². The first-order valence-corrected chi connectivity index (χ1v) is 33.5. The zero-order chi connectivity index (χ0) is 63.7. The second-order valence-electron chi connectivity index (χ2n) is 23.7. The summed E-state index contributed by atoms with van der Waals surface area (Å²) in [6.45, 7) is 11.7. The molecule has 0 unspecified atom stereocenters. The molecule has 0 aliphatic heterocycles. The minimum atomic E-state index is 0.676. The summed E-state index contributed by atoms with van der Waals surface area (Å²) in [6.07, 6.45) is 18.5. The molecule has 0 aliphatic carbocycles. The first-order valence-electron chi connectivity index (χ1n) is 33.5. The smallest absolute Gasteiger partial charge is 0.121 e. The molecule has 0 heterocycles. The second-order valence-corrected chi connectivity index (χ2v) is 23.7. The van der Waals surface area contributed by atoms with E-state index >= 15 is 0 Å². The Morgan fingerprint density at radius 1 is 0.250 bits per heavy atom. The normalized spacial score (nSPS) is 10.8. The fourth-order valence-electron chi connectivity index (χ4n) is 11.6. The summed E-state index contributed by atoms with van der Waals surface area (Å²) in [5.74, 6) is 33.0. The van der Waals surface area contributed by atoms with Gasteiger partial charge in [-0.25, -0.2) is 0 Å². The van der Waals surface area contributed by atoms with E-state index in [9.17, 15) is 0 Å². The van der Waals surface area contributed by atoms with Crippen LogP contribution < -0.4 is 28.4 Å². The van der Waals surface area contributed by atoms with Crippen LogP contribution in [-0.2, 0) is 0 Å². The number of ether oxygens (including phenoxy) is 6. The number of hydrogen-bond acceptors (Lipinski definition) is 6. The van der Waals surface area contributed by atoms with Gasteiger partial charge in [-0.05, 0) is 215 Å². The predicted molar refractivity (Wildman–Crippen MR) is 382 cm³/mol. The van der Waals surface area contributed by atoms with Gasteiger partial charge in [0, 0.05) is 55.6 Å². The van der Waals surface area contributed by atoms with Crippen LogP contribution in [0.3, 0.4) is 0 Å². The number of methoxy groups -OCH3 is 2. The average Bonchev–Trinajstić information content (AvgIpc) is 0.735. The molecule has 466 valence electrons. The van der Waals surface area contributed by atoms with Crippen LogP contribution >= 0.6 is 0 Å². The van der Waals surface area contributed by atoms with Crippen LogP contribution in [-0.4, -0.2) is 40.6 Å². The molecule has 10 aromatic rings. The van der Waals surface area contributed by atoms with Crippen molar-refractivity contribution in [1.29, 1.82) is 0 Å². The number of unbranched alkanes of at least 4 members (excludes halogenated alkanes) is 12. The van der Waals surface area contributed by atoms with Gasteiger partial charge in [0.1, 0.15) is 34.5 Å². The monoisotopic (exact) mass is 1210 g/mol. The summed E-state index contributed by atoms with van der Waals surface area (Å²) in [4.78, 5) is 0. The van der Waals surface area contributed by atoms with Gasteiger partial charge in [-0.2, -0.15) is 0 Å². The molecule has 92 heavy (non-hydrogen) atoms. The fourth-order valence-corrected chi connectivity index (χ4v) is 11.6. The Kier molecular flexibility index (Phi) is 24.1. The molecule has 0 aliphatic rings. The lowest BCUT2D eigenvalue weighted by Gasteiger charge is -2.17. The van der Waals surface area contributed by atoms with Crippen LogP contribution in [0.1, 0.15) is 175 Å². The van der Waals surface area contributed by atoms with Gasteiger partial charge in [0.15, 0.2) is 0 Å². The Bertz CT molecular complexity index is 3760. The Hall–Kier alpha value is -9.72. The van der Waals surface area contributed by atoms with E-state index in [1.165, 1.54) is 87.8 Å². The van der Waals surface area contributed by atoms with E-state index in [2.05, 4.69) is 124 Å². The SMILES string of the molecule is CCCCCCOc1ccc(C#Cc2cc(OC)cc(C#Cc3ccc(OCCCCCC)cc3)c2-c2cc3ccc4cc(-c5c(C#Cc6ccc(OCCCCCC)cc6)cc(OC)cc5C#Cc5ccc(OCCCCCC)cc5)cc5ccc(c2)c3c45)cc1. The van der Waals surface area contributed by atoms with Gasteiger partial charge < -0.3 is 28.4 Å². The van der Waals surface area contributed by atoms with Gasteiger partial charge in [-0.3, -0.25) is 0 Å². The summed E-state index contributed by atoms with van der Waals surface area (Å²) >= 11 is 0. The molecule has 10 aromatic carbocycles. The number of rotatable bonds is 28. The van der Waals surface area contributed by atoms with E-state index in [-0.39, 0.29) is 0 Å². The van der Waals surface area contributed by atoms with Gasteiger partial charge in [0.05, 0.1) is 40.6 Å². The zero-order valence-electron chi connectivity index (χ0n) is 54.8. The van der Waals surface area contributed by atoms with Crippen molar-refractivity contribution in [3.8, 4) is 104 Å². The molecule has 6 nitrogen and oxygen atoms in total. The largest absolute Gasteiger partial charge is 0.497 e. The average molecular weight is 1220 g/mol. The molecule has 0 saturated carbocycles. The van der Waals surface area contributed by atoms with Crippen molar-refractivity contribution in [3.63, 3.8) is 0 Å². The lowest BCUT2D eigenvalue weighted by Crippen LogP contribution is -1.97. The van der Waals surface area contributed by atoms with Gasteiger partial charge in [-0.15, -0.1) is 0 Å². The van der Waals surface area contributed by atoms with E-state index in [0.717, 1.165) is 137 Å². The Morgan fingerprint density at radius 3 is 0.707 bits per heavy atom. The van der Waals surface area contributed by atoms with E-state index in [1.54, 1.807) is 14.2 Å². The van der Waals surface area contributed by atoms with Gasteiger partial charge in [0.25, 0.3) is 0 Å². The molecule has 0 atom stereocenters. The standard InChI is InChI=1S/C86H86O6/c1-7-11-15-19-51-89-77-43-27-63(28-44-77)23-35-71-59-81(87-5)60-72(36-24-64-29-45-78(46-30-64)90-52-20-16-12-8-2)83(71)75-55-67-39-41-69-57-76(58-70-42-40-68(56-75)85(67)86(69)70)84-73(37-25-65-31-47-79(48-32-65)91-53-21-17-13-9-3)61-82(88-6)62-74(84)38-26-66-33-49-80(50-34-66)92-54-22-18-14-10-4/h27-34,39-50,55-62H,7-22,51-54H2,1-6H3. The van der Waals surface area contributed by atoms with Crippen LogP contribution in [0.5, 0.6) is 34.5 Å². The molecule has 0 bridgehead atoms. The van der Waals surface area contributed by atoms with Crippen LogP contribution in [0.2, 0.25) is 0 Å². The highest BCUT2D eigenvalue weighted by Crippen LogP contribution is 2.43. The summed E-state index contributed by atoms with van der Waals surface area (Å²) < 4.78 is 36.3. The third-order valence-electron chi connectivity index (χ3n) is 16.7. The quantitative estimate of drug-likeness (QED) is 0.0277. The molecular formula is C86H86O6.